The molecule has 1 rings (SSSR count). The van der Waals surface area contributed by atoms with E-state index in [9.17, 15) is 0 Å². The minimum absolute atomic E-state index is 0.0213. The van der Waals surface area contributed by atoms with Crippen LogP contribution in [-0.2, 0) is 9.47 Å². The third-order valence-corrected chi connectivity index (χ3v) is 2.74. The SMILES string of the molecule is C=CCCCC(CC#N)OC1CCCCO1. The first kappa shape index (κ1) is 13.2. The Labute approximate surface area is 98.0 Å². The van der Waals surface area contributed by atoms with E-state index in [1.165, 1.54) is 0 Å². The molecule has 1 aliphatic heterocycles. The van der Waals surface area contributed by atoms with Crippen LogP contribution in [0, 0.1) is 11.3 Å². The van der Waals surface area contributed by atoms with Crippen molar-refractivity contribution in [3.63, 3.8) is 0 Å². The molecule has 0 spiro atoms. The summed E-state index contributed by atoms with van der Waals surface area (Å²) in [6, 6.07) is 2.18. The van der Waals surface area contributed by atoms with Gasteiger partial charge in [0, 0.05) is 6.61 Å². The summed E-state index contributed by atoms with van der Waals surface area (Å²) in [7, 11) is 0. The Kier molecular flexibility index (Phi) is 6.87. The van der Waals surface area contributed by atoms with Gasteiger partial charge in [0.25, 0.3) is 0 Å². The molecule has 1 fully saturated rings. The van der Waals surface area contributed by atoms with Gasteiger partial charge in [-0.15, -0.1) is 6.58 Å². The molecule has 90 valence electrons. The van der Waals surface area contributed by atoms with Gasteiger partial charge in [-0.25, -0.2) is 0 Å². The fourth-order valence-corrected chi connectivity index (χ4v) is 1.84. The quantitative estimate of drug-likeness (QED) is 0.492. The van der Waals surface area contributed by atoms with Crippen LogP contribution in [0.25, 0.3) is 0 Å². The van der Waals surface area contributed by atoms with Gasteiger partial charge < -0.3 is 9.47 Å². The van der Waals surface area contributed by atoms with E-state index in [1.807, 2.05) is 6.08 Å². The van der Waals surface area contributed by atoms with Crippen LogP contribution in [0.1, 0.15) is 44.9 Å². The molecule has 16 heavy (non-hydrogen) atoms. The average molecular weight is 223 g/mol. The fraction of sp³-hybridized carbons (Fsp3) is 0.769. The van der Waals surface area contributed by atoms with Crippen molar-refractivity contribution in [2.24, 2.45) is 0 Å². The first-order valence-corrected chi connectivity index (χ1v) is 6.11. The third kappa shape index (κ3) is 5.29. The second-order valence-electron chi connectivity index (χ2n) is 4.14. The second kappa shape index (κ2) is 8.32. The van der Waals surface area contributed by atoms with Gasteiger partial charge >= 0.3 is 0 Å². The second-order valence-corrected chi connectivity index (χ2v) is 4.14. The smallest absolute Gasteiger partial charge is 0.157 e. The monoisotopic (exact) mass is 223 g/mol. The highest BCUT2D eigenvalue weighted by Gasteiger charge is 2.19. The lowest BCUT2D eigenvalue weighted by Gasteiger charge is -2.26. The number of nitriles is 1. The summed E-state index contributed by atoms with van der Waals surface area (Å²) in [5.74, 6) is 0. The van der Waals surface area contributed by atoms with Gasteiger partial charge in [-0.2, -0.15) is 5.26 Å². The van der Waals surface area contributed by atoms with E-state index in [0.29, 0.717) is 6.42 Å². The van der Waals surface area contributed by atoms with Crippen LogP contribution in [-0.4, -0.2) is 19.0 Å². The molecule has 3 nitrogen and oxygen atoms in total. The number of unbranched alkanes of at least 4 members (excludes halogenated alkanes) is 1. The fourth-order valence-electron chi connectivity index (χ4n) is 1.84. The minimum atomic E-state index is -0.0872. The van der Waals surface area contributed by atoms with E-state index >= 15 is 0 Å². The maximum atomic E-state index is 8.73. The molecule has 0 radical (unpaired) electrons. The Morgan fingerprint density at radius 3 is 3.06 bits per heavy atom. The van der Waals surface area contributed by atoms with Gasteiger partial charge in [-0.1, -0.05) is 6.08 Å². The maximum Gasteiger partial charge on any atom is 0.157 e. The van der Waals surface area contributed by atoms with E-state index in [2.05, 4.69) is 12.6 Å². The Morgan fingerprint density at radius 2 is 2.44 bits per heavy atom. The third-order valence-electron chi connectivity index (χ3n) is 2.74. The zero-order valence-electron chi connectivity index (χ0n) is 9.86. The number of hydrogen-bond donors (Lipinski definition) is 0. The van der Waals surface area contributed by atoms with Crippen LogP contribution in [0.5, 0.6) is 0 Å². The normalized spacial score (nSPS) is 22.3. The van der Waals surface area contributed by atoms with Gasteiger partial charge in [0.15, 0.2) is 6.29 Å². The van der Waals surface area contributed by atoms with Crippen LogP contribution in [0.15, 0.2) is 12.7 Å². The Hall–Kier alpha value is -0.850. The number of ether oxygens (including phenoxy) is 2. The summed E-state index contributed by atoms with van der Waals surface area (Å²) >= 11 is 0. The summed E-state index contributed by atoms with van der Waals surface area (Å²) in [4.78, 5) is 0. The van der Waals surface area contributed by atoms with E-state index in [-0.39, 0.29) is 12.4 Å². The molecule has 0 N–H and O–H groups in total. The standard InChI is InChI=1S/C13H21NO2/c1-2-3-4-7-12(9-10-14)16-13-8-5-6-11-15-13/h2,12-13H,1,3-9,11H2. The molecule has 1 saturated heterocycles. The predicted octanol–water partition coefficient (Wildman–Crippen LogP) is 3.17. The van der Waals surface area contributed by atoms with Gasteiger partial charge in [0.2, 0.25) is 0 Å². The van der Waals surface area contributed by atoms with Crippen molar-refractivity contribution in [3.05, 3.63) is 12.7 Å². The molecular formula is C13H21NO2. The van der Waals surface area contributed by atoms with E-state index in [0.717, 1.165) is 45.1 Å². The van der Waals surface area contributed by atoms with Crippen LogP contribution < -0.4 is 0 Å². The van der Waals surface area contributed by atoms with Crippen molar-refractivity contribution < 1.29 is 9.47 Å². The highest BCUT2D eigenvalue weighted by Crippen LogP contribution is 2.19. The van der Waals surface area contributed by atoms with Gasteiger partial charge in [0.05, 0.1) is 18.6 Å². The van der Waals surface area contributed by atoms with E-state index < -0.39 is 0 Å². The van der Waals surface area contributed by atoms with Crippen LogP contribution >= 0.6 is 0 Å². The molecule has 0 bridgehead atoms. The number of hydrogen-bond acceptors (Lipinski definition) is 3. The summed E-state index contributed by atoms with van der Waals surface area (Å²) in [5, 5.41) is 8.73. The summed E-state index contributed by atoms with van der Waals surface area (Å²) in [6.07, 6.45) is 8.47. The average Bonchev–Trinajstić information content (AvgIpc) is 2.31. The van der Waals surface area contributed by atoms with Gasteiger partial charge in [-0.05, 0) is 38.5 Å². The first-order valence-electron chi connectivity index (χ1n) is 6.11. The molecule has 0 aliphatic carbocycles. The van der Waals surface area contributed by atoms with Crippen molar-refractivity contribution in [1.29, 1.82) is 5.26 Å². The molecule has 3 heteroatoms. The zero-order chi connectivity index (χ0) is 11.6. The Morgan fingerprint density at radius 1 is 1.56 bits per heavy atom. The lowest BCUT2D eigenvalue weighted by molar-refractivity contribution is -0.188. The van der Waals surface area contributed by atoms with Crippen molar-refractivity contribution >= 4 is 0 Å². The molecule has 0 aromatic carbocycles. The number of rotatable bonds is 7. The molecule has 0 aromatic rings. The largest absolute Gasteiger partial charge is 0.353 e. The Bertz CT molecular complexity index is 229. The molecule has 0 amide bonds. The summed E-state index contributed by atoms with van der Waals surface area (Å²) in [5.41, 5.74) is 0. The lowest BCUT2D eigenvalue weighted by Crippen LogP contribution is -2.27. The van der Waals surface area contributed by atoms with Crippen LogP contribution in [0.3, 0.4) is 0 Å². The molecule has 2 atom stereocenters. The maximum absolute atomic E-state index is 8.73. The topological polar surface area (TPSA) is 42.2 Å². The summed E-state index contributed by atoms with van der Waals surface area (Å²) in [6.45, 7) is 4.48. The van der Waals surface area contributed by atoms with Crippen molar-refractivity contribution in [2.45, 2.75) is 57.3 Å². The summed E-state index contributed by atoms with van der Waals surface area (Å²) < 4.78 is 11.3. The highest BCUT2D eigenvalue weighted by molar-refractivity contribution is 4.78. The molecular weight excluding hydrogens is 202 g/mol. The highest BCUT2D eigenvalue weighted by atomic mass is 16.7. The lowest BCUT2D eigenvalue weighted by atomic mass is 10.1. The number of allylic oxidation sites excluding steroid dienone is 1. The van der Waals surface area contributed by atoms with E-state index in [4.69, 9.17) is 14.7 Å². The molecule has 1 heterocycles. The molecule has 1 aliphatic rings. The van der Waals surface area contributed by atoms with Crippen molar-refractivity contribution in [1.82, 2.24) is 0 Å². The van der Waals surface area contributed by atoms with Gasteiger partial charge in [-0.3, -0.25) is 0 Å². The molecule has 2 unspecified atom stereocenters. The molecule has 0 aromatic heterocycles. The van der Waals surface area contributed by atoms with Crippen molar-refractivity contribution in [2.75, 3.05) is 6.61 Å². The Balaban J connectivity index is 2.25. The first-order chi connectivity index (χ1) is 7.86. The van der Waals surface area contributed by atoms with Crippen LogP contribution in [0.2, 0.25) is 0 Å². The zero-order valence-corrected chi connectivity index (χ0v) is 9.86. The molecule has 0 saturated carbocycles. The van der Waals surface area contributed by atoms with E-state index in [1.54, 1.807) is 0 Å². The number of nitrogens with zero attached hydrogens (tertiary/aromatic N) is 1. The van der Waals surface area contributed by atoms with Crippen LogP contribution in [0.4, 0.5) is 0 Å². The van der Waals surface area contributed by atoms with Crippen molar-refractivity contribution in [3.8, 4) is 6.07 Å². The van der Waals surface area contributed by atoms with Gasteiger partial charge in [0.1, 0.15) is 0 Å². The predicted molar refractivity (Wildman–Crippen MR) is 62.7 cm³/mol. The minimum Gasteiger partial charge on any atom is -0.353 e.